The number of nitrogens with two attached hydrogens (primary N) is 1. The summed E-state index contributed by atoms with van der Waals surface area (Å²) in [6.07, 6.45) is 0.858. The number of carbonyl (C=O) groups is 2. The first-order chi connectivity index (χ1) is 11.6. The molecule has 132 valence electrons. The minimum Gasteiger partial charge on any atom is -0.465 e. The number of methoxy groups -OCH3 is 1. The lowest BCUT2D eigenvalue weighted by atomic mass is 10.0. The summed E-state index contributed by atoms with van der Waals surface area (Å²) in [4.78, 5) is 25.7. The Morgan fingerprint density at radius 1 is 1.00 bits per heavy atom. The quantitative estimate of drug-likeness (QED) is 0.854. The highest BCUT2D eigenvalue weighted by molar-refractivity contribution is 5.95. The van der Waals surface area contributed by atoms with E-state index in [9.17, 15) is 9.59 Å². The molecule has 1 aliphatic rings. The smallest absolute Gasteiger partial charge is 0.337 e. The van der Waals surface area contributed by atoms with E-state index in [0.29, 0.717) is 17.7 Å². The molecule has 1 unspecified atom stereocenters. The Kier molecular flexibility index (Phi) is 6.17. The van der Waals surface area contributed by atoms with Crippen LogP contribution >= 0.6 is 12.4 Å². The third-order valence-corrected chi connectivity index (χ3v) is 4.28. The Labute approximate surface area is 153 Å². The number of esters is 1. The van der Waals surface area contributed by atoms with Gasteiger partial charge in [-0.1, -0.05) is 24.3 Å². The van der Waals surface area contributed by atoms with Crippen molar-refractivity contribution in [3.05, 3.63) is 59.7 Å². The lowest BCUT2D eigenvalue weighted by molar-refractivity contribution is 0.0600. The second kappa shape index (κ2) is 8.14. The van der Waals surface area contributed by atoms with Crippen molar-refractivity contribution >= 4 is 24.3 Å². The Balaban J connectivity index is 0.00000225. The Bertz CT molecular complexity index is 744. The molecule has 1 fully saturated rings. The highest BCUT2D eigenvalue weighted by Crippen LogP contribution is 2.22. The van der Waals surface area contributed by atoms with Gasteiger partial charge in [0.2, 0.25) is 0 Å². The molecule has 1 saturated heterocycles. The highest BCUT2D eigenvalue weighted by Gasteiger charge is 2.24. The van der Waals surface area contributed by atoms with Gasteiger partial charge in [-0.3, -0.25) is 4.79 Å². The van der Waals surface area contributed by atoms with Gasteiger partial charge in [0.25, 0.3) is 5.91 Å². The number of hydrogen-bond acceptors (Lipinski definition) is 4. The zero-order chi connectivity index (χ0) is 17.1. The molecule has 3 rings (SSSR count). The molecular weight excluding hydrogens is 340 g/mol. The summed E-state index contributed by atoms with van der Waals surface area (Å²) < 4.78 is 4.69. The predicted molar refractivity (Wildman–Crippen MR) is 99.0 cm³/mol. The van der Waals surface area contributed by atoms with Crippen molar-refractivity contribution < 1.29 is 14.3 Å². The molecule has 2 aromatic rings. The normalized spacial score (nSPS) is 16.2. The third-order valence-electron chi connectivity index (χ3n) is 4.28. The van der Waals surface area contributed by atoms with Gasteiger partial charge in [-0.05, 0) is 41.8 Å². The molecule has 0 spiro atoms. The second-order valence-electron chi connectivity index (χ2n) is 5.95. The number of benzene rings is 2. The molecule has 1 heterocycles. The molecular formula is C19H21ClN2O3. The van der Waals surface area contributed by atoms with Crippen LogP contribution in [0.1, 0.15) is 27.1 Å². The van der Waals surface area contributed by atoms with Gasteiger partial charge in [0.05, 0.1) is 12.7 Å². The number of ether oxygens (including phenoxy) is 1. The molecule has 25 heavy (non-hydrogen) atoms. The van der Waals surface area contributed by atoms with Crippen LogP contribution in [0.3, 0.4) is 0 Å². The molecule has 2 aromatic carbocycles. The number of hydrogen-bond donors (Lipinski definition) is 1. The fourth-order valence-electron chi connectivity index (χ4n) is 2.88. The number of carbonyl (C=O) groups excluding carboxylic acids is 2. The maximum absolute atomic E-state index is 12.4. The molecule has 6 heteroatoms. The monoisotopic (exact) mass is 360 g/mol. The second-order valence-corrected chi connectivity index (χ2v) is 5.95. The first-order valence-electron chi connectivity index (χ1n) is 7.92. The summed E-state index contributed by atoms with van der Waals surface area (Å²) in [5.41, 5.74) is 9.00. The van der Waals surface area contributed by atoms with Crippen molar-refractivity contribution in [3.63, 3.8) is 0 Å². The Morgan fingerprint density at radius 3 is 1.96 bits per heavy atom. The average molecular weight is 361 g/mol. The van der Waals surface area contributed by atoms with E-state index in [2.05, 4.69) is 0 Å². The lowest BCUT2D eigenvalue weighted by Gasteiger charge is -2.16. The van der Waals surface area contributed by atoms with E-state index in [1.165, 1.54) is 7.11 Å². The van der Waals surface area contributed by atoms with E-state index in [4.69, 9.17) is 10.5 Å². The van der Waals surface area contributed by atoms with Crippen molar-refractivity contribution in [2.45, 2.75) is 12.5 Å². The Hall–Kier alpha value is -2.37. The summed E-state index contributed by atoms with van der Waals surface area (Å²) in [7, 11) is 1.36. The van der Waals surface area contributed by atoms with Crippen molar-refractivity contribution in [3.8, 4) is 11.1 Å². The molecule has 1 atom stereocenters. The molecule has 0 bridgehead atoms. The van der Waals surface area contributed by atoms with Crippen LogP contribution in [0.2, 0.25) is 0 Å². The van der Waals surface area contributed by atoms with Gasteiger partial charge >= 0.3 is 5.97 Å². The van der Waals surface area contributed by atoms with E-state index in [-0.39, 0.29) is 30.3 Å². The number of likely N-dealkylation sites (tertiary alicyclic amines) is 1. The summed E-state index contributed by atoms with van der Waals surface area (Å²) in [5.74, 6) is -0.332. The van der Waals surface area contributed by atoms with Gasteiger partial charge in [0.15, 0.2) is 0 Å². The molecule has 5 nitrogen and oxygen atoms in total. The Morgan fingerprint density at radius 2 is 1.52 bits per heavy atom. The van der Waals surface area contributed by atoms with Gasteiger partial charge in [-0.25, -0.2) is 4.79 Å². The van der Waals surface area contributed by atoms with Gasteiger partial charge in [-0.2, -0.15) is 0 Å². The van der Waals surface area contributed by atoms with Crippen LogP contribution in [-0.2, 0) is 4.74 Å². The van der Waals surface area contributed by atoms with E-state index >= 15 is 0 Å². The maximum atomic E-state index is 12.4. The molecule has 1 aliphatic heterocycles. The highest BCUT2D eigenvalue weighted by atomic mass is 35.5. The van der Waals surface area contributed by atoms with Gasteiger partial charge in [0, 0.05) is 24.7 Å². The van der Waals surface area contributed by atoms with Crippen LogP contribution in [0.25, 0.3) is 11.1 Å². The standard InChI is InChI=1S/C19H20N2O3.ClH/c1-24-19(23)16-8-4-14(5-9-16)13-2-6-15(7-3-13)18(22)21-11-10-17(20)12-21;/h2-9,17H,10-12,20H2,1H3;1H. The van der Waals surface area contributed by atoms with Gasteiger partial charge in [-0.15, -0.1) is 12.4 Å². The third kappa shape index (κ3) is 4.18. The SMILES string of the molecule is COC(=O)c1ccc(-c2ccc(C(=O)N3CCC(N)C3)cc2)cc1.Cl. The largest absolute Gasteiger partial charge is 0.465 e. The van der Waals surface area contributed by atoms with Crippen LogP contribution in [0, 0.1) is 0 Å². The first-order valence-corrected chi connectivity index (χ1v) is 7.92. The lowest BCUT2D eigenvalue weighted by Crippen LogP contribution is -2.31. The fraction of sp³-hybridized carbons (Fsp3) is 0.263. The van der Waals surface area contributed by atoms with E-state index in [1.54, 1.807) is 17.0 Å². The zero-order valence-corrected chi connectivity index (χ0v) is 14.8. The van der Waals surface area contributed by atoms with Crippen LogP contribution in [0.15, 0.2) is 48.5 Å². The van der Waals surface area contributed by atoms with Crippen LogP contribution in [0.5, 0.6) is 0 Å². The van der Waals surface area contributed by atoms with Gasteiger partial charge < -0.3 is 15.4 Å². The summed E-state index contributed by atoms with van der Waals surface area (Å²) in [6.45, 7) is 1.34. The van der Waals surface area contributed by atoms with Crippen LogP contribution in [-0.4, -0.2) is 43.0 Å². The molecule has 0 aromatic heterocycles. The van der Waals surface area contributed by atoms with E-state index < -0.39 is 0 Å². The van der Waals surface area contributed by atoms with Crippen LogP contribution < -0.4 is 5.73 Å². The molecule has 0 radical (unpaired) electrons. The van der Waals surface area contributed by atoms with Crippen molar-refractivity contribution in [1.82, 2.24) is 4.90 Å². The summed E-state index contributed by atoms with van der Waals surface area (Å²) in [5, 5.41) is 0. The van der Waals surface area contributed by atoms with Crippen molar-refractivity contribution in [1.29, 1.82) is 0 Å². The minimum atomic E-state index is -0.355. The van der Waals surface area contributed by atoms with Crippen LogP contribution in [0.4, 0.5) is 0 Å². The average Bonchev–Trinajstić information content (AvgIpc) is 3.07. The predicted octanol–water partition coefficient (Wildman–Crippen LogP) is 2.74. The zero-order valence-electron chi connectivity index (χ0n) is 14.0. The number of rotatable bonds is 3. The van der Waals surface area contributed by atoms with Crippen molar-refractivity contribution in [2.24, 2.45) is 5.73 Å². The van der Waals surface area contributed by atoms with E-state index in [0.717, 1.165) is 24.1 Å². The molecule has 0 aliphatic carbocycles. The topological polar surface area (TPSA) is 72.6 Å². The fourth-order valence-corrected chi connectivity index (χ4v) is 2.88. The number of amides is 1. The summed E-state index contributed by atoms with van der Waals surface area (Å²) >= 11 is 0. The molecule has 2 N–H and O–H groups in total. The summed E-state index contributed by atoms with van der Waals surface area (Å²) in [6, 6.07) is 14.8. The molecule has 1 amide bonds. The number of halogens is 1. The van der Waals surface area contributed by atoms with E-state index in [1.807, 2.05) is 36.4 Å². The first kappa shape index (κ1) is 19.0. The molecule has 0 saturated carbocycles. The minimum absolute atomic E-state index is 0. The van der Waals surface area contributed by atoms with Crippen molar-refractivity contribution in [2.75, 3.05) is 20.2 Å². The maximum Gasteiger partial charge on any atom is 0.337 e. The van der Waals surface area contributed by atoms with Gasteiger partial charge in [0.1, 0.15) is 0 Å². The number of nitrogens with zero attached hydrogens (tertiary/aromatic N) is 1.